The molecule has 6 heteroatoms. The third-order valence-corrected chi connectivity index (χ3v) is 2.76. The molecular weight excluding hydrogens is 254 g/mol. The lowest BCUT2D eigenvalue weighted by Crippen LogP contribution is -1.94. The molecule has 0 aliphatic carbocycles. The summed E-state index contributed by atoms with van der Waals surface area (Å²) in [6.07, 6.45) is 2.25. The molecule has 0 aliphatic rings. The normalized spacial score (nSPS) is 10.6. The Morgan fingerprint density at radius 2 is 1.85 bits per heavy atom. The zero-order chi connectivity index (χ0) is 13.9. The van der Waals surface area contributed by atoms with E-state index in [-0.39, 0.29) is 0 Å². The maximum absolute atomic E-state index is 5.75. The molecule has 0 aliphatic heterocycles. The summed E-state index contributed by atoms with van der Waals surface area (Å²) in [7, 11) is 0. The van der Waals surface area contributed by atoms with Crippen molar-refractivity contribution < 1.29 is 4.52 Å². The van der Waals surface area contributed by atoms with E-state index in [2.05, 4.69) is 15.1 Å². The Balaban J connectivity index is 1.86. The highest BCUT2D eigenvalue weighted by Gasteiger charge is 2.10. The molecule has 0 bridgehead atoms. The van der Waals surface area contributed by atoms with Crippen LogP contribution >= 0.6 is 0 Å². The summed E-state index contributed by atoms with van der Waals surface area (Å²) >= 11 is 0. The molecule has 0 spiro atoms. The van der Waals surface area contributed by atoms with E-state index in [1.807, 2.05) is 18.2 Å². The van der Waals surface area contributed by atoms with Gasteiger partial charge in [0.05, 0.1) is 6.42 Å². The number of benzene rings is 1. The second kappa shape index (κ2) is 5.00. The molecule has 0 saturated carbocycles. The third kappa shape index (κ3) is 2.59. The van der Waals surface area contributed by atoms with Crippen molar-refractivity contribution in [2.75, 3.05) is 11.5 Å². The van der Waals surface area contributed by atoms with Crippen molar-refractivity contribution in [3.8, 4) is 11.5 Å². The fraction of sp³-hybridized carbons (Fsp3) is 0.0714. The molecule has 4 N–H and O–H groups in total. The van der Waals surface area contributed by atoms with Crippen molar-refractivity contribution in [1.82, 2.24) is 15.1 Å². The highest BCUT2D eigenvalue weighted by molar-refractivity contribution is 5.67. The van der Waals surface area contributed by atoms with E-state index < -0.39 is 0 Å². The quantitative estimate of drug-likeness (QED) is 0.702. The Bertz CT molecular complexity index is 703. The molecular formula is C14H13N5O. The Hall–Kier alpha value is -2.89. The lowest BCUT2D eigenvalue weighted by molar-refractivity contribution is 0.423. The number of anilines is 2. The second-order valence-corrected chi connectivity index (χ2v) is 4.40. The minimum atomic E-state index is 0.398. The average molecular weight is 267 g/mol. The first kappa shape index (κ1) is 12.2. The molecule has 2 aromatic heterocycles. The van der Waals surface area contributed by atoms with Gasteiger partial charge in [0.1, 0.15) is 0 Å². The number of nitrogens with two attached hydrogens (primary N) is 2. The summed E-state index contributed by atoms with van der Waals surface area (Å²) in [6.45, 7) is 0. The van der Waals surface area contributed by atoms with Gasteiger partial charge in [-0.25, -0.2) is 0 Å². The van der Waals surface area contributed by atoms with Crippen LogP contribution in [-0.4, -0.2) is 15.1 Å². The van der Waals surface area contributed by atoms with Crippen molar-refractivity contribution in [2.45, 2.75) is 6.42 Å². The fourth-order valence-electron chi connectivity index (χ4n) is 1.91. The van der Waals surface area contributed by atoms with Crippen molar-refractivity contribution in [3.63, 3.8) is 0 Å². The number of nitrogens with zero attached hydrogens (tertiary/aromatic N) is 3. The summed E-state index contributed by atoms with van der Waals surface area (Å²) in [5.74, 6) is 0.967. The molecule has 6 nitrogen and oxygen atoms in total. The van der Waals surface area contributed by atoms with Crippen LogP contribution < -0.4 is 11.5 Å². The molecule has 0 fully saturated rings. The number of aromatic nitrogens is 3. The van der Waals surface area contributed by atoms with Gasteiger partial charge in [-0.15, -0.1) is 0 Å². The summed E-state index contributed by atoms with van der Waals surface area (Å²) in [6, 6.07) is 10.9. The minimum absolute atomic E-state index is 0.398. The molecule has 2 heterocycles. The number of rotatable bonds is 3. The van der Waals surface area contributed by atoms with Gasteiger partial charge in [-0.2, -0.15) is 4.98 Å². The zero-order valence-corrected chi connectivity index (χ0v) is 10.7. The Morgan fingerprint density at radius 1 is 1.05 bits per heavy atom. The Kier molecular flexibility index (Phi) is 3.04. The van der Waals surface area contributed by atoms with Crippen LogP contribution in [0, 0.1) is 0 Å². The summed E-state index contributed by atoms with van der Waals surface area (Å²) in [5.41, 5.74) is 14.2. The Morgan fingerprint density at radius 3 is 2.55 bits per heavy atom. The van der Waals surface area contributed by atoms with E-state index in [9.17, 15) is 0 Å². The van der Waals surface area contributed by atoms with E-state index in [1.165, 1.54) is 0 Å². The molecule has 3 rings (SSSR count). The van der Waals surface area contributed by atoms with Crippen molar-refractivity contribution in [1.29, 1.82) is 0 Å². The standard InChI is InChI=1S/C14H13N5O/c15-10-5-9(6-11(16)7-10)14-18-13(19-20-14)8-12-3-1-2-4-17-12/h1-7H,8,15-16H2. The summed E-state index contributed by atoms with van der Waals surface area (Å²) in [5, 5.41) is 3.94. The molecule has 0 saturated heterocycles. The van der Waals surface area contributed by atoms with Gasteiger partial charge in [0.15, 0.2) is 5.82 Å². The zero-order valence-electron chi connectivity index (χ0n) is 10.7. The number of hydrogen-bond acceptors (Lipinski definition) is 6. The largest absolute Gasteiger partial charge is 0.399 e. The molecule has 0 amide bonds. The maximum Gasteiger partial charge on any atom is 0.258 e. The van der Waals surface area contributed by atoms with Crippen LogP contribution in [-0.2, 0) is 6.42 Å². The minimum Gasteiger partial charge on any atom is -0.399 e. The predicted octanol–water partition coefficient (Wildman–Crippen LogP) is 1.89. The lowest BCUT2D eigenvalue weighted by atomic mass is 10.2. The van der Waals surface area contributed by atoms with E-state index in [0.717, 1.165) is 5.69 Å². The number of nitrogen functional groups attached to an aromatic ring is 2. The topological polar surface area (TPSA) is 104 Å². The molecule has 20 heavy (non-hydrogen) atoms. The average Bonchev–Trinajstić information content (AvgIpc) is 2.87. The maximum atomic E-state index is 5.75. The van der Waals surface area contributed by atoms with Gasteiger partial charge in [-0.1, -0.05) is 11.2 Å². The van der Waals surface area contributed by atoms with Crippen LogP contribution in [0.2, 0.25) is 0 Å². The van der Waals surface area contributed by atoms with Gasteiger partial charge in [0.2, 0.25) is 0 Å². The first-order chi connectivity index (χ1) is 9.70. The predicted molar refractivity (Wildman–Crippen MR) is 75.6 cm³/mol. The summed E-state index contributed by atoms with van der Waals surface area (Å²) < 4.78 is 5.23. The van der Waals surface area contributed by atoms with Gasteiger partial charge in [0, 0.05) is 28.8 Å². The van der Waals surface area contributed by atoms with Gasteiger partial charge in [-0.05, 0) is 30.3 Å². The van der Waals surface area contributed by atoms with Crippen molar-refractivity contribution in [3.05, 3.63) is 54.1 Å². The van der Waals surface area contributed by atoms with Crippen LogP contribution in [0.4, 0.5) is 11.4 Å². The molecule has 3 aromatic rings. The molecule has 100 valence electrons. The first-order valence-electron chi connectivity index (χ1n) is 6.09. The van der Waals surface area contributed by atoms with E-state index in [0.29, 0.717) is 35.1 Å². The van der Waals surface area contributed by atoms with E-state index in [4.69, 9.17) is 16.0 Å². The molecule has 0 radical (unpaired) electrons. The van der Waals surface area contributed by atoms with E-state index in [1.54, 1.807) is 24.4 Å². The SMILES string of the molecule is Nc1cc(N)cc(-c2nc(Cc3ccccn3)no2)c1. The highest BCUT2D eigenvalue weighted by atomic mass is 16.5. The smallest absolute Gasteiger partial charge is 0.258 e. The number of hydrogen-bond donors (Lipinski definition) is 2. The van der Waals surface area contributed by atoms with Crippen LogP contribution in [0.25, 0.3) is 11.5 Å². The van der Waals surface area contributed by atoms with Gasteiger partial charge in [-0.3, -0.25) is 4.98 Å². The van der Waals surface area contributed by atoms with E-state index >= 15 is 0 Å². The monoisotopic (exact) mass is 267 g/mol. The first-order valence-corrected chi connectivity index (χ1v) is 6.09. The molecule has 0 atom stereocenters. The van der Waals surface area contributed by atoms with Crippen LogP contribution in [0.15, 0.2) is 47.1 Å². The fourth-order valence-corrected chi connectivity index (χ4v) is 1.91. The molecule has 1 aromatic carbocycles. The second-order valence-electron chi connectivity index (χ2n) is 4.40. The van der Waals surface area contributed by atoms with Crippen LogP contribution in [0.1, 0.15) is 11.5 Å². The lowest BCUT2D eigenvalue weighted by Gasteiger charge is -1.99. The van der Waals surface area contributed by atoms with Crippen LogP contribution in [0.5, 0.6) is 0 Å². The number of pyridine rings is 1. The third-order valence-electron chi connectivity index (χ3n) is 2.76. The molecule has 0 unspecified atom stereocenters. The van der Waals surface area contributed by atoms with Crippen LogP contribution in [0.3, 0.4) is 0 Å². The van der Waals surface area contributed by atoms with Crippen molar-refractivity contribution >= 4 is 11.4 Å². The summed E-state index contributed by atoms with van der Waals surface area (Å²) in [4.78, 5) is 8.55. The highest BCUT2D eigenvalue weighted by Crippen LogP contribution is 2.23. The Labute approximate surface area is 115 Å². The van der Waals surface area contributed by atoms with Gasteiger partial charge < -0.3 is 16.0 Å². The van der Waals surface area contributed by atoms with Gasteiger partial charge in [0.25, 0.3) is 5.89 Å². The van der Waals surface area contributed by atoms with Crippen molar-refractivity contribution in [2.24, 2.45) is 0 Å². The van der Waals surface area contributed by atoms with Gasteiger partial charge >= 0.3 is 0 Å².